The fraction of sp³-hybridized carbons (Fsp3) is 0.750. The van der Waals surface area contributed by atoms with Crippen molar-refractivity contribution in [3.05, 3.63) is 18.2 Å². The molecule has 15 heavy (non-hydrogen) atoms. The first kappa shape index (κ1) is 12.2. The van der Waals surface area contributed by atoms with Crippen molar-refractivity contribution in [1.29, 1.82) is 0 Å². The molecule has 0 aliphatic rings. The Kier molecular flexibility index (Phi) is 4.82. The van der Waals surface area contributed by atoms with Crippen LogP contribution in [0, 0.1) is 5.92 Å². The van der Waals surface area contributed by atoms with Crippen LogP contribution in [0.4, 0.5) is 0 Å². The molecule has 0 spiro atoms. The molecule has 0 aliphatic carbocycles. The highest BCUT2D eigenvalue weighted by Gasteiger charge is 2.04. The highest BCUT2D eigenvalue weighted by Crippen LogP contribution is 2.08. The number of rotatable bonds is 6. The summed E-state index contributed by atoms with van der Waals surface area (Å²) < 4.78 is 2.23. The van der Waals surface area contributed by atoms with Gasteiger partial charge in [-0.2, -0.15) is 0 Å². The van der Waals surface area contributed by atoms with E-state index in [0.29, 0.717) is 6.04 Å². The molecular formula is C12H23N3. The van der Waals surface area contributed by atoms with Gasteiger partial charge in [-0.1, -0.05) is 13.8 Å². The Hall–Kier alpha value is -0.830. The van der Waals surface area contributed by atoms with Crippen molar-refractivity contribution >= 4 is 0 Å². The first-order chi connectivity index (χ1) is 7.11. The summed E-state index contributed by atoms with van der Waals surface area (Å²) in [7, 11) is 0. The largest absolute Gasteiger partial charge is 0.332 e. The predicted octanol–water partition coefficient (Wildman–Crippen LogP) is 2.25. The van der Waals surface area contributed by atoms with E-state index in [2.05, 4.69) is 42.6 Å². The lowest BCUT2D eigenvalue weighted by Crippen LogP contribution is -2.23. The lowest BCUT2D eigenvalue weighted by molar-refractivity contribution is 0.533. The van der Waals surface area contributed by atoms with E-state index in [0.717, 1.165) is 25.4 Å². The number of hydrogen-bond donors (Lipinski definition) is 1. The molecule has 0 amide bonds. The number of hydrogen-bond acceptors (Lipinski definition) is 2. The molecule has 3 heteroatoms. The molecule has 0 atom stereocenters. The summed E-state index contributed by atoms with van der Waals surface area (Å²) >= 11 is 0. The third-order valence-corrected chi connectivity index (χ3v) is 2.41. The van der Waals surface area contributed by atoms with Gasteiger partial charge in [-0.15, -0.1) is 0 Å². The average Bonchev–Trinajstić information content (AvgIpc) is 2.60. The zero-order chi connectivity index (χ0) is 11.3. The Labute approximate surface area is 92.9 Å². The monoisotopic (exact) mass is 209 g/mol. The first-order valence-electron chi connectivity index (χ1n) is 5.82. The fourth-order valence-electron chi connectivity index (χ4n) is 1.60. The van der Waals surface area contributed by atoms with Gasteiger partial charge in [-0.25, -0.2) is 4.98 Å². The van der Waals surface area contributed by atoms with Crippen molar-refractivity contribution < 1.29 is 0 Å². The van der Waals surface area contributed by atoms with E-state index in [-0.39, 0.29) is 0 Å². The van der Waals surface area contributed by atoms with E-state index in [1.165, 1.54) is 5.69 Å². The minimum absolute atomic E-state index is 0.507. The minimum Gasteiger partial charge on any atom is -0.332 e. The summed E-state index contributed by atoms with van der Waals surface area (Å²) in [5.41, 5.74) is 1.32. The number of nitrogens with zero attached hydrogens (tertiary/aromatic N) is 2. The number of nitrogens with one attached hydrogen (secondary N) is 1. The number of imidazole rings is 1. The molecule has 0 aromatic carbocycles. The summed E-state index contributed by atoms with van der Waals surface area (Å²) in [5, 5.41) is 3.45. The average molecular weight is 209 g/mol. The van der Waals surface area contributed by atoms with Crippen molar-refractivity contribution in [3.63, 3.8) is 0 Å². The van der Waals surface area contributed by atoms with Crippen LogP contribution in [0.2, 0.25) is 0 Å². The van der Waals surface area contributed by atoms with Crippen molar-refractivity contribution in [2.24, 2.45) is 5.92 Å². The van der Waals surface area contributed by atoms with E-state index in [1.54, 1.807) is 0 Å². The summed E-state index contributed by atoms with van der Waals surface area (Å²) in [6.07, 6.45) is 4.95. The second-order valence-electron chi connectivity index (χ2n) is 4.73. The Balaban J connectivity index is 2.34. The molecule has 0 aliphatic heterocycles. The van der Waals surface area contributed by atoms with Gasteiger partial charge in [0.2, 0.25) is 0 Å². The van der Waals surface area contributed by atoms with Crippen LogP contribution in [-0.2, 0) is 6.42 Å². The molecule has 3 nitrogen and oxygen atoms in total. The van der Waals surface area contributed by atoms with Gasteiger partial charge >= 0.3 is 0 Å². The molecule has 0 saturated carbocycles. The van der Waals surface area contributed by atoms with Crippen molar-refractivity contribution in [1.82, 2.24) is 14.9 Å². The second kappa shape index (κ2) is 5.91. The maximum atomic E-state index is 4.19. The van der Waals surface area contributed by atoms with E-state index >= 15 is 0 Å². The van der Waals surface area contributed by atoms with Gasteiger partial charge < -0.3 is 9.88 Å². The van der Waals surface area contributed by atoms with Gasteiger partial charge in [0.15, 0.2) is 0 Å². The topological polar surface area (TPSA) is 29.9 Å². The second-order valence-corrected chi connectivity index (χ2v) is 4.73. The smallest absolute Gasteiger partial charge is 0.0950 e. The van der Waals surface area contributed by atoms with E-state index < -0.39 is 0 Å². The SMILES string of the molecule is CC(C)CNCCc1cncn1C(C)C. The van der Waals surface area contributed by atoms with Gasteiger partial charge in [0, 0.05) is 30.9 Å². The molecule has 0 bridgehead atoms. The zero-order valence-electron chi connectivity index (χ0n) is 10.3. The Bertz CT molecular complexity index is 276. The third-order valence-electron chi connectivity index (χ3n) is 2.41. The molecule has 0 radical (unpaired) electrons. The summed E-state index contributed by atoms with van der Waals surface area (Å²) in [6, 6.07) is 0.507. The standard InChI is InChI=1S/C12H23N3/c1-10(2)7-13-6-5-12-8-14-9-15(12)11(3)4/h8-11,13H,5-7H2,1-4H3. The van der Waals surface area contributed by atoms with Crippen LogP contribution in [0.3, 0.4) is 0 Å². The van der Waals surface area contributed by atoms with Crippen molar-refractivity contribution in [2.75, 3.05) is 13.1 Å². The normalized spacial score (nSPS) is 11.6. The fourth-order valence-corrected chi connectivity index (χ4v) is 1.60. The molecule has 1 aromatic rings. The van der Waals surface area contributed by atoms with Crippen LogP contribution in [0.25, 0.3) is 0 Å². The van der Waals surface area contributed by atoms with Gasteiger partial charge in [0.05, 0.1) is 6.33 Å². The van der Waals surface area contributed by atoms with Crippen LogP contribution in [-0.4, -0.2) is 22.6 Å². The van der Waals surface area contributed by atoms with Gasteiger partial charge in [-0.05, 0) is 26.3 Å². The molecule has 86 valence electrons. The molecule has 1 rings (SSSR count). The van der Waals surface area contributed by atoms with Gasteiger partial charge in [-0.3, -0.25) is 0 Å². The molecule has 1 N–H and O–H groups in total. The predicted molar refractivity (Wildman–Crippen MR) is 64.0 cm³/mol. The quantitative estimate of drug-likeness (QED) is 0.728. The van der Waals surface area contributed by atoms with Crippen LogP contribution in [0.5, 0.6) is 0 Å². The third kappa shape index (κ3) is 4.04. The van der Waals surface area contributed by atoms with Crippen molar-refractivity contribution in [3.8, 4) is 0 Å². The molecule has 0 fully saturated rings. The Morgan fingerprint density at radius 2 is 2.07 bits per heavy atom. The Morgan fingerprint density at radius 3 is 2.67 bits per heavy atom. The summed E-state index contributed by atoms with van der Waals surface area (Å²) in [5.74, 6) is 0.722. The highest BCUT2D eigenvalue weighted by atomic mass is 15.1. The molecule has 1 aromatic heterocycles. The van der Waals surface area contributed by atoms with Crippen LogP contribution >= 0.6 is 0 Å². The van der Waals surface area contributed by atoms with E-state index in [1.807, 2.05) is 12.5 Å². The van der Waals surface area contributed by atoms with Crippen LogP contribution < -0.4 is 5.32 Å². The maximum absolute atomic E-state index is 4.19. The summed E-state index contributed by atoms with van der Waals surface area (Å²) in [4.78, 5) is 4.19. The van der Waals surface area contributed by atoms with Crippen LogP contribution in [0.15, 0.2) is 12.5 Å². The van der Waals surface area contributed by atoms with Crippen molar-refractivity contribution in [2.45, 2.75) is 40.2 Å². The highest BCUT2D eigenvalue weighted by molar-refractivity contribution is 5.00. The minimum atomic E-state index is 0.507. The summed E-state index contributed by atoms with van der Waals surface area (Å²) in [6.45, 7) is 11.0. The zero-order valence-corrected chi connectivity index (χ0v) is 10.3. The maximum Gasteiger partial charge on any atom is 0.0950 e. The number of aromatic nitrogens is 2. The Morgan fingerprint density at radius 1 is 1.33 bits per heavy atom. The lowest BCUT2D eigenvalue weighted by atomic mass is 10.2. The first-order valence-corrected chi connectivity index (χ1v) is 5.82. The lowest BCUT2D eigenvalue weighted by Gasteiger charge is -2.12. The van der Waals surface area contributed by atoms with E-state index in [9.17, 15) is 0 Å². The molecule has 0 unspecified atom stereocenters. The van der Waals surface area contributed by atoms with Gasteiger partial charge in [0.1, 0.15) is 0 Å². The van der Waals surface area contributed by atoms with Crippen LogP contribution in [0.1, 0.15) is 39.4 Å². The van der Waals surface area contributed by atoms with Gasteiger partial charge in [0.25, 0.3) is 0 Å². The molecular weight excluding hydrogens is 186 g/mol. The molecule has 0 saturated heterocycles. The van der Waals surface area contributed by atoms with E-state index in [4.69, 9.17) is 0 Å². The molecule has 1 heterocycles.